The summed E-state index contributed by atoms with van der Waals surface area (Å²) in [6.07, 6.45) is -0.353. The lowest BCUT2D eigenvalue weighted by atomic mass is 10.0. The first-order valence-corrected chi connectivity index (χ1v) is 5.93. The van der Waals surface area contributed by atoms with Gasteiger partial charge in [0.05, 0.1) is 6.54 Å². The molecule has 1 unspecified atom stereocenters. The average Bonchev–Trinajstić information content (AvgIpc) is 2.60. The van der Waals surface area contributed by atoms with Crippen LogP contribution < -0.4 is 0 Å². The van der Waals surface area contributed by atoms with Crippen LogP contribution in [0, 0.1) is 6.92 Å². The number of carbonyl (C=O) groups excluding carboxylic acids is 1. The van der Waals surface area contributed by atoms with E-state index in [2.05, 4.69) is 0 Å². The second-order valence-corrected chi connectivity index (χ2v) is 5.51. The molecular formula is C14H19NO2. The Balaban J connectivity index is 2.23. The summed E-state index contributed by atoms with van der Waals surface area (Å²) in [7, 11) is 0. The Hall–Kier alpha value is -1.51. The van der Waals surface area contributed by atoms with Crippen molar-refractivity contribution in [1.82, 2.24) is 4.90 Å². The number of hydrogen-bond acceptors (Lipinski definition) is 2. The van der Waals surface area contributed by atoms with Crippen LogP contribution in [0.2, 0.25) is 0 Å². The van der Waals surface area contributed by atoms with Gasteiger partial charge in [-0.1, -0.05) is 24.3 Å². The standard InChI is InChI=1S/C14H19NO2/c1-10-7-5-6-8-11(10)12-9-15(13(16)17-12)14(2,3)4/h5-8,12H,9H2,1-4H3. The van der Waals surface area contributed by atoms with E-state index in [4.69, 9.17) is 4.74 Å². The topological polar surface area (TPSA) is 29.5 Å². The lowest BCUT2D eigenvalue weighted by Gasteiger charge is -2.29. The van der Waals surface area contributed by atoms with Crippen molar-refractivity contribution in [1.29, 1.82) is 0 Å². The molecule has 0 N–H and O–H groups in total. The van der Waals surface area contributed by atoms with Crippen LogP contribution in [-0.4, -0.2) is 23.1 Å². The molecule has 0 saturated carbocycles. The smallest absolute Gasteiger partial charge is 0.411 e. The highest BCUT2D eigenvalue weighted by Crippen LogP contribution is 2.32. The first-order valence-electron chi connectivity index (χ1n) is 5.93. The number of cyclic esters (lactones) is 1. The van der Waals surface area contributed by atoms with E-state index >= 15 is 0 Å². The van der Waals surface area contributed by atoms with Crippen LogP contribution in [0.15, 0.2) is 24.3 Å². The zero-order valence-corrected chi connectivity index (χ0v) is 10.9. The number of amides is 1. The van der Waals surface area contributed by atoms with E-state index in [1.54, 1.807) is 4.90 Å². The molecule has 0 spiro atoms. The first kappa shape index (κ1) is 12.0. The molecule has 92 valence electrons. The molecule has 1 atom stereocenters. The largest absolute Gasteiger partial charge is 0.439 e. The Morgan fingerprint density at radius 1 is 1.29 bits per heavy atom. The quantitative estimate of drug-likeness (QED) is 0.745. The summed E-state index contributed by atoms with van der Waals surface area (Å²) in [5.74, 6) is 0. The SMILES string of the molecule is Cc1ccccc1C1CN(C(C)(C)C)C(=O)O1. The monoisotopic (exact) mass is 233 g/mol. The second-order valence-electron chi connectivity index (χ2n) is 5.51. The Morgan fingerprint density at radius 3 is 2.47 bits per heavy atom. The Kier molecular flexibility index (Phi) is 2.86. The van der Waals surface area contributed by atoms with E-state index in [9.17, 15) is 4.79 Å². The summed E-state index contributed by atoms with van der Waals surface area (Å²) >= 11 is 0. The average molecular weight is 233 g/mol. The molecule has 1 fully saturated rings. The van der Waals surface area contributed by atoms with Gasteiger partial charge >= 0.3 is 6.09 Å². The highest BCUT2D eigenvalue weighted by molar-refractivity contribution is 5.71. The number of carbonyl (C=O) groups is 1. The lowest BCUT2D eigenvalue weighted by molar-refractivity contribution is 0.120. The molecule has 3 heteroatoms. The Bertz CT molecular complexity index is 434. The van der Waals surface area contributed by atoms with Crippen molar-refractivity contribution in [2.24, 2.45) is 0 Å². The molecule has 1 aromatic rings. The molecule has 1 saturated heterocycles. The highest BCUT2D eigenvalue weighted by Gasteiger charge is 2.38. The molecule has 0 radical (unpaired) electrons. The summed E-state index contributed by atoms with van der Waals surface area (Å²) in [6, 6.07) is 8.05. The molecule has 1 aliphatic rings. The fourth-order valence-corrected chi connectivity index (χ4v) is 2.12. The summed E-state index contributed by atoms with van der Waals surface area (Å²) in [4.78, 5) is 13.6. The molecule has 2 rings (SSSR count). The van der Waals surface area contributed by atoms with Crippen LogP contribution in [-0.2, 0) is 4.74 Å². The van der Waals surface area contributed by atoms with E-state index in [0.29, 0.717) is 6.54 Å². The first-order chi connectivity index (χ1) is 7.89. The molecular weight excluding hydrogens is 214 g/mol. The van der Waals surface area contributed by atoms with Gasteiger partial charge in [-0.25, -0.2) is 4.79 Å². The van der Waals surface area contributed by atoms with Crippen LogP contribution in [0.5, 0.6) is 0 Å². The van der Waals surface area contributed by atoms with Gasteiger partial charge in [-0.15, -0.1) is 0 Å². The number of rotatable bonds is 1. The minimum atomic E-state index is -0.217. The Morgan fingerprint density at radius 2 is 1.94 bits per heavy atom. The van der Waals surface area contributed by atoms with Gasteiger partial charge in [0.15, 0.2) is 0 Å². The van der Waals surface area contributed by atoms with Crippen LogP contribution in [0.4, 0.5) is 4.79 Å². The lowest BCUT2D eigenvalue weighted by Crippen LogP contribution is -2.41. The molecule has 1 aromatic carbocycles. The number of aryl methyl sites for hydroxylation is 1. The maximum Gasteiger partial charge on any atom is 0.411 e. The van der Waals surface area contributed by atoms with Crippen LogP contribution >= 0.6 is 0 Å². The van der Waals surface area contributed by atoms with Crippen molar-refractivity contribution in [3.05, 3.63) is 35.4 Å². The molecule has 17 heavy (non-hydrogen) atoms. The third kappa shape index (κ3) is 2.28. The fourth-order valence-electron chi connectivity index (χ4n) is 2.12. The summed E-state index contributed by atoms with van der Waals surface area (Å²) in [5, 5.41) is 0. The predicted molar refractivity (Wildman–Crippen MR) is 66.9 cm³/mol. The molecule has 0 bridgehead atoms. The zero-order chi connectivity index (χ0) is 12.6. The molecule has 1 heterocycles. The third-order valence-corrected chi connectivity index (χ3v) is 3.16. The van der Waals surface area contributed by atoms with E-state index in [1.807, 2.05) is 52.0 Å². The molecule has 3 nitrogen and oxygen atoms in total. The normalized spacial score (nSPS) is 20.6. The maximum atomic E-state index is 11.8. The fraction of sp³-hybridized carbons (Fsp3) is 0.500. The van der Waals surface area contributed by atoms with Gasteiger partial charge in [0.1, 0.15) is 6.10 Å². The maximum absolute atomic E-state index is 11.8. The van der Waals surface area contributed by atoms with Gasteiger partial charge < -0.3 is 4.74 Å². The van der Waals surface area contributed by atoms with Crippen LogP contribution in [0.25, 0.3) is 0 Å². The van der Waals surface area contributed by atoms with Gasteiger partial charge in [-0.2, -0.15) is 0 Å². The summed E-state index contributed by atoms with van der Waals surface area (Å²) in [6.45, 7) is 8.74. The van der Waals surface area contributed by atoms with E-state index < -0.39 is 0 Å². The molecule has 0 aliphatic carbocycles. The van der Waals surface area contributed by atoms with Gasteiger partial charge in [-0.3, -0.25) is 4.90 Å². The molecule has 1 amide bonds. The molecule has 1 aliphatic heterocycles. The summed E-state index contributed by atoms with van der Waals surface area (Å²) in [5.41, 5.74) is 2.09. The minimum Gasteiger partial charge on any atom is -0.439 e. The van der Waals surface area contributed by atoms with Crippen molar-refractivity contribution in [3.63, 3.8) is 0 Å². The van der Waals surface area contributed by atoms with Crippen molar-refractivity contribution in [3.8, 4) is 0 Å². The van der Waals surface area contributed by atoms with Gasteiger partial charge in [0, 0.05) is 5.54 Å². The second kappa shape index (κ2) is 4.06. The van der Waals surface area contributed by atoms with E-state index in [0.717, 1.165) is 5.56 Å². The number of nitrogens with zero attached hydrogens (tertiary/aromatic N) is 1. The predicted octanol–water partition coefficient (Wildman–Crippen LogP) is 3.29. The third-order valence-electron chi connectivity index (χ3n) is 3.16. The minimum absolute atomic E-state index is 0.136. The van der Waals surface area contributed by atoms with Crippen LogP contribution in [0.1, 0.15) is 38.0 Å². The van der Waals surface area contributed by atoms with Gasteiger partial charge in [0.2, 0.25) is 0 Å². The zero-order valence-electron chi connectivity index (χ0n) is 10.9. The van der Waals surface area contributed by atoms with Crippen molar-refractivity contribution in [2.45, 2.75) is 39.3 Å². The number of ether oxygens (including phenoxy) is 1. The van der Waals surface area contributed by atoms with E-state index in [-0.39, 0.29) is 17.7 Å². The summed E-state index contributed by atoms with van der Waals surface area (Å²) < 4.78 is 5.45. The number of benzene rings is 1. The highest BCUT2D eigenvalue weighted by atomic mass is 16.6. The van der Waals surface area contributed by atoms with Crippen LogP contribution in [0.3, 0.4) is 0 Å². The van der Waals surface area contributed by atoms with Crippen molar-refractivity contribution in [2.75, 3.05) is 6.54 Å². The molecule has 0 aromatic heterocycles. The van der Waals surface area contributed by atoms with Gasteiger partial charge in [0.25, 0.3) is 0 Å². The van der Waals surface area contributed by atoms with E-state index in [1.165, 1.54) is 5.56 Å². The number of hydrogen-bond donors (Lipinski definition) is 0. The van der Waals surface area contributed by atoms with Crippen molar-refractivity contribution < 1.29 is 9.53 Å². The van der Waals surface area contributed by atoms with Gasteiger partial charge in [-0.05, 0) is 38.8 Å². The van der Waals surface area contributed by atoms with Crippen molar-refractivity contribution >= 4 is 6.09 Å². The Labute approximate surface area is 102 Å².